The van der Waals surface area contributed by atoms with Crippen LogP contribution in [0.2, 0.25) is 0 Å². The van der Waals surface area contributed by atoms with Gasteiger partial charge in [0, 0.05) is 11.5 Å². The summed E-state index contributed by atoms with van der Waals surface area (Å²) in [7, 11) is 1.64. The Kier molecular flexibility index (Phi) is 4.37. The van der Waals surface area contributed by atoms with Crippen LogP contribution in [0.25, 0.3) is 11.3 Å². The summed E-state index contributed by atoms with van der Waals surface area (Å²) in [5, 5.41) is 10.6. The molecular weight excluding hydrogens is 290 g/mol. The average Bonchev–Trinajstić information content (AvgIpc) is 3.32. The molecule has 0 radical (unpaired) electrons. The summed E-state index contributed by atoms with van der Waals surface area (Å²) in [6.07, 6.45) is 2.82. The maximum atomic E-state index is 12.2. The molecule has 1 saturated carbocycles. The molecule has 1 aromatic carbocycles. The highest BCUT2D eigenvalue weighted by atomic mass is 16.5. The van der Waals surface area contributed by atoms with Gasteiger partial charge in [-0.2, -0.15) is 5.10 Å². The summed E-state index contributed by atoms with van der Waals surface area (Å²) in [6.45, 7) is 4.31. The maximum absolute atomic E-state index is 12.2. The molecule has 2 N–H and O–H groups in total. The molecular formula is C18H23N3O2. The van der Waals surface area contributed by atoms with Gasteiger partial charge in [0.25, 0.3) is 0 Å². The highest BCUT2D eigenvalue weighted by Gasteiger charge is 2.31. The number of nitrogens with one attached hydrogen (secondary N) is 2. The Labute approximate surface area is 136 Å². The van der Waals surface area contributed by atoms with Crippen molar-refractivity contribution >= 4 is 11.6 Å². The second kappa shape index (κ2) is 6.44. The van der Waals surface area contributed by atoms with Crippen molar-refractivity contribution in [3.63, 3.8) is 0 Å². The van der Waals surface area contributed by atoms with Crippen LogP contribution in [0.3, 0.4) is 0 Å². The second-order valence-corrected chi connectivity index (χ2v) is 6.52. The van der Waals surface area contributed by atoms with Crippen LogP contribution in [-0.2, 0) is 11.2 Å². The molecule has 0 saturated heterocycles. The highest BCUT2D eigenvalue weighted by Crippen LogP contribution is 2.35. The monoisotopic (exact) mass is 313 g/mol. The number of carbonyl (C=O) groups excluding carboxylic acids is 1. The molecule has 1 fully saturated rings. The molecule has 0 atom stereocenters. The molecule has 1 aliphatic rings. The van der Waals surface area contributed by atoms with Crippen LogP contribution >= 0.6 is 0 Å². The minimum atomic E-state index is 0.103. The van der Waals surface area contributed by atoms with E-state index in [9.17, 15) is 4.79 Å². The van der Waals surface area contributed by atoms with E-state index in [0.29, 0.717) is 5.92 Å². The van der Waals surface area contributed by atoms with E-state index in [-0.39, 0.29) is 11.8 Å². The van der Waals surface area contributed by atoms with Gasteiger partial charge < -0.3 is 10.1 Å². The number of rotatable bonds is 6. The van der Waals surface area contributed by atoms with Gasteiger partial charge in [-0.25, -0.2) is 0 Å². The van der Waals surface area contributed by atoms with Gasteiger partial charge in [0.2, 0.25) is 5.91 Å². The Balaban J connectivity index is 1.93. The van der Waals surface area contributed by atoms with Crippen LogP contribution in [0.4, 0.5) is 5.69 Å². The fourth-order valence-electron chi connectivity index (χ4n) is 2.60. The summed E-state index contributed by atoms with van der Waals surface area (Å²) < 4.78 is 5.20. The van der Waals surface area contributed by atoms with Crippen LogP contribution in [-0.4, -0.2) is 23.2 Å². The van der Waals surface area contributed by atoms with Crippen molar-refractivity contribution < 1.29 is 9.53 Å². The molecule has 1 amide bonds. The first-order chi connectivity index (χ1) is 11.1. The van der Waals surface area contributed by atoms with Gasteiger partial charge in [-0.1, -0.05) is 13.8 Å². The number of nitrogens with zero attached hydrogens (tertiary/aromatic N) is 1. The number of methoxy groups -OCH3 is 1. The first-order valence-corrected chi connectivity index (χ1v) is 8.11. The Morgan fingerprint density at radius 2 is 2.04 bits per heavy atom. The van der Waals surface area contributed by atoms with Crippen LogP contribution in [0.15, 0.2) is 24.3 Å². The van der Waals surface area contributed by atoms with Crippen LogP contribution in [0, 0.1) is 11.8 Å². The molecule has 2 aromatic rings. The quantitative estimate of drug-likeness (QED) is 0.855. The number of H-pyrrole nitrogens is 1. The van der Waals surface area contributed by atoms with E-state index in [1.165, 1.54) is 0 Å². The predicted molar refractivity (Wildman–Crippen MR) is 90.5 cm³/mol. The normalized spacial score (nSPS) is 14.1. The molecule has 0 bridgehead atoms. The van der Waals surface area contributed by atoms with Crippen molar-refractivity contribution in [2.24, 2.45) is 11.8 Å². The molecule has 3 rings (SSSR count). The third kappa shape index (κ3) is 3.55. The van der Waals surface area contributed by atoms with Gasteiger partial charge in [-0.05, 0) is 49.4 Å². The number of anilines is 1. The van der Waals surface area contributed by atoms with E-state index in [1.54, 1.807) is 7.11 Å². The van der Waals surface area contributed by atoms with E-state index < -0.39 is 0 Å². The summed E-state index contributed by atoms with van der Waals surface area (Å²) in [5.41, 5.74) is 3.56. The Morgan fingerprint density at radius 3 is 2.61 bits per heavy atom. The van der Waals surface area contributed by atoms with E-state index >= 15 is 0 Å². The zero-order valence-corrected chi connectivity index (χ0v) is 13.8. The molecule has 5 heteroatoms. The predicted octanol–water partition coefficient (Wildman–Crippen LogP) is 3.63. The summed E-state index contributed by atoms with van der Waals surface area (Å²) in [4.78, 5) is 12.2. The number of aromatic amines is 1. The number of carbonyl (C=O) groups is 1. The molecule has 122 valence electrons. The third-order valence-electron chi connectivity index (χ3n) is 4.01. The number of ether oxygens (including phenoxy) is 1. The van der Waals surface area contributed by atoms with Gasteiger partial charge in [-0.3, -0.25) is 9.89 Å². The Hall–Kier alpha value is -2.30. The lowest BCUT2D eigenvalue weighted by atomic mass is 10.0. The van der Waals surface area contributed by atoms with Gasteiger partial charge in [0.15, 0.2) is 0 Å². The summed E-state index contributed by atoms with van der Waals surface area (Å²) >= 11 is 0. The standard InChI is InChI=1S/C18H23N3O2/c1-11(2)10-15-17(19-18(22)13-4-5-13)16(21-20-15)12-6-8-14(23-3)9-7-12/h6-9,11,13H,4-5,10H2,1-3H3,(H,19,22)(H,20,21). The number of benzene rings is 1. The fourth-order valence-corrected chi connectivity index (χ4v) is 2.60. The number of amides is 1. The van der Waals surface area contributed by atoms with Crippen molar-refractivity contribution in [2.75, 3.05) is 12.4 Å². The third-order valence-corrected chi connectivity index (χ3v) is 4.01. The first-order valence-electron chi connectivity index (χ1n) is 8.11. The molecule has 5 nitrogen and oxygen atoms in total. The fraction of sp³-hybridized carbons (Fsp3) is 0.444. The number of aromatic nitrogens is 2. The molecule has 0 spiro atoms. The highest BCUT2D eigenvalue weighted by molar-refractivity contribution is 5.98. The van der Waals surface area contributed by atoms with E-state index in [0.717, 1.165) is 47.7 Å². The van der Waals surface area contributed by atoms with Gasteiger partial charge >= 0.3 is 0 Å². The van der Waals surface area contributed by atoms with Gasteiger partial charge in [0.1, 0.15) is 11.4 Å². The van der Waals surface area contributed by atoms with E-state index in [1.807, 2.05) is 24.3 Å². The molecule has 0 aliphatic heterocycles. The largest absolute Gasteiger partial charge is 0.497 e. The van der Waals surface area contributed by atoms with Crippen LogP contribution in [0.1, 0.15) is 32.4 Å². The van der Waals surface area contributed by atoms with Crippen molar-refractivity contribution in [2.45, 2.75) is 33.1 Å². The zero-order chi connectivity index (χ0) is 16.4. The molecule has 1 heterocycles. The topological polar surface area (TPSA) is 67.0 Å². The molecule has 1 aromatic heterocycles. The average molecular weight is 313 g/mol. The first kappa shape index (κ1) is 15.6. The number of hydrogen-bond acceptors (Lipinski definition) is 3. The maximum Gasteiger partial charge on any atom is 0.227 e. The molecule has 1 aliphatic carbocycles. The Morgan fingerprint density at radius 1 is 1.35 bits per heavy atom. The molecule has 23 heavy (non-hydrogen) atoms. The van der Waals surface area contributed by atoms with Gasteiger partial charge in [0.05, 0.1) is 18.5 Å². The van der Waals surface area contributed by atoms with Gasteiger partial charge in [-0.15, -0.1) is 0 Å². The van der Waals surface area contributed by atoms with Crippen molar-refractivity contribution in [1.82, 2.24) is 10.2 Å². The van der Waals surface area contributed by atoms with Crippen molar-refractivity contribution in [1.29, 1.82) is 0 Å². The zero-order valence-electron chi connectivity index (χ0n) is 13.8. The lowest BCUT2D eigenvalue weighted by Gasteiger charge is -2.10. The van der Waals surface area contributed by atoms with Crippen molar-refractivity contribution in [3.8, 4) is 17.0 Å². The number of hydrogen-bond donors (Lipinski definition) is 2. The Bertz CT molecular complexity index is 685. The lowest BCUT2D eigenvalue weighted by Crippen LogP contribution is -2.15. The minimum absolute atomic E-state index is 0.103. The minimum Gasteiger partial charge on any atom is -0.497 e. The summed E-state index contributed by atoms with van der Waals surface area (Å²) in [6, 6.07) is 7.72. The van der Waals surface area contributed by atoms with Crippen LogP contribution < -0.4 is 10.1 Å². The smallest absolute Gasteiger partial charge is 0.227 e. The van der Waals surface area contributed by atoms with E-state index in [2.05, 4.69) is 29.4 Å². The molecule has 0 unspecified atom stereocenters. The SMILES string of the molecule is COc1ccc(-c2n[nH]c(CC(C)C)c2NC(=O)C2CC2)cc1. The van der Waals surface area contributed by atoms with E-state index in [4.69, 9.17) is 4.74 Å². The van der Waals surface area contributed by atoms with Crippen molar-refractivity contribution in [3.05, 3.63) is 30.0 Å². The lowest BCUT2D eigenvalue weighted by molar-refractivity contribution is -0.117. The summed E-state index contributed by atoms with van der Waals surface area (Å²) in [5.74, 6) is 1.55. The van der Waals surface area contributed by atoms with Crippen LogP contribution in [0.5, 0.6) is 5.75 Å². The second-order valence-electron chi connectivity index (χ2n) is 6.52.